The number of carbonyl (C=O) groups excluding carboxylic acids is 4. The van der Waals surface area contributed by atoms with Gasteiger partial charge in [-0.15, -0.1) is 0 Å². The number of anilines is 1. The second kappa shape index (κ2) is 9.22. The van der Waals surface area contributed by atoms with E-state index in [1.807, 2.05) is 0 Å². The summed E-state index contributed by atoms with van der Waals surface area (Å²) in [6.45, 7) is 1.81. The number of amides is 2. The van der Waals surface area contributed by atoms with E-state index in [-0.39, 0.29) is 29.8 Å². The van der Waals surface area contributed by atoms with Crippen LogP contribution < -0.4 is 11.1 Å². The Hall–Kier alpha value is -3.74. The summed E-state index contributed by atoms with van der Waals surface area (Å²) in [6, 6.07) is 1.97. The van der Waals surface area contributed by atoms with Crippen LogP contribution >= 0.6 is 0 Å². The number of phenols is 1. The average Bonchev–Trinajstić information content (AvgIpc) is 2.79. The molecule has 5 unspecified atom stereocenters. The van der Waals surface area contributed by atoms with Crippen molar-refractivity contribution in [3.63, 3.8) is 0 Å². The molecule has 1 aromatic rings. The van der Waals surface area contributed by atoms with E-state index in [0.29, 0.717) is 5.56 Å². The highest BCUT2D eigenvalue weighted by molar-refractivity contribution is 6.24. The molecular weight excluding hydrogens is 496 g/mol. The summed E-state index contributed by atoms with van der Waals surface area (Å²) >= 11 is 0. The Morgan fingerprint density at radius 3 is 2.32 bits per heavy atom. The van der Waals surface area contributed by atoms with E-state index in [9.17, 15) is 39.6 Å². The first-order chi connectivity index (χ1) is 17.6. The molecular formula is C26H32N4O8. The van der Waals surface area contributed by atoms with Crippen LogP contribution in [0.2, 0.25) is 0 Å². The number of aliphatic hydroxyl groups is 3. The standard InChI is InChI=1S/C26H32N4O8/c1-10-11-6-7-14(28-15(31)9-29(2)3)20(32)16(11)21(33)17-12(10)8-13-19(30(4)5)22(34)18(25(27)37)24(36)26(13,38)23(17)35/h6-7,10,12-13,19,32-33,36,38H,8-9H2,1-5H3,(H2,27,37)(H,28,31). The second-order valence-electron chi connectivity index (χ2n) is 10.7. The van der Waals surface area contributed by atoms with E-state index in [2.05, 4.69) is 5.32 Å². The van der Waals surface area contributed by atoms with Gasteiger partial charge in [-0.25, -0.2) is 0 Å². The fourth-order valence-electron chi connectivity index (χ4n) is 6.12. The third-order valence-electron chi connectivity index (χ3n) is 7.83. The van der Waals surface area contributed by atoms with Gasteiger partial charge in [0.2, 0.25) is 11.7 Å². The van der Waals surface area contributed by atoms with Gasteiger partial charge in [0.05, 0.1) is 23.8 Å². The molecule has 0 spiro atoms. The summed E-state index contributed by atoms with van der Waals surface area (Å²) in [6.07, 6.45) is -0.00495. The van der Waals surface area contributed by atoms with Crippen molar-refractivity contribution in [2.24, 2.45) is 17.6 Å². The van der Waals surface area contributed by atoms with Gasteiger partial charge in [0.1, 0.15) is 22.8 Å². The normalized spacial score (nSPS) is 28.8. The number of nitrogens with two attached hydrogens (primary N) is 1. The molecule has 0 heterocycles. The fraction of sp³-hybridized carbons (Fsp3) is 0.462. The van der Waals surface area contributed by atoms with Crippen molar-refractivity contribution in [1.29, 1.82) is 0 Å². The Balaban J connectivity index is 1.90. The molecule has 4 rings (SSSR count). The van der Waals surface area contributed by atoms with Crippen molar-refractivity contribution < 1.29 is 39.6 Å². The maximum absolute atomic E-state index is 13.9. The Kier molecular flexibility index (Phi) is 6.63. The van der Waals surface area contributed by atoms with Crippen LogP contribution in [0.1, 0.15) is 30.4 Å². The molecule has 12 nitrogen and oxygen atoms in total. The van der Waals surface area contributed by atoms with Gasteiger partial charge in [-0.3, -0.25) is 24.1 Å². The first-order valence-electron chi connectivity index (χ1n) is 12.1. The van der Waals surface area contributed by atoms with E-state index in [1.54, 1.807) is 46.1 Å². The topological polar surface area (TPSA) is 194 Å². The molecule has 0 saturated heterocycles. The third kappa shape index (κ3) is 3.79. The van der Waals surface area contributed by atoms with E-state index in [4.69, 9.17) is 5.73 Å². The number of likely N-dealkylation sites (N-methyl/N-ethyl adjacent to an activating group) is 2. The number of carbonyl (C=O) groups is 4. The Bertz CT molecular complexity index is 1330. The molecule has 0 aliphatic heterocycles. The van der Waals surface area contributed by atoms with E-state index >= 15 is 0 Å². The van der Waals surface area contributed by atoms with E-state index in [0.717, 1.165) is 0 Å². The number of nitrogens with zero attached hydrogens (tertiary/aromatic N) is 2. The summed E-state index contributed by atoms with van der Waals surface area (Å²) < 4.78 is 0. The third-order valence-corrected chi connectivity index (χ3v) is 7.83. The van der Waals surface area contributed by atoms with Crippen LogP contribution in [0.4, 0.5) is 5.69 Å². The monoisotopic (exact) mass is 528 g/mol. The first-order valence-corrected chi connectivity index (χ1v) is 12.1. The lowest BCUT2D eigenvalue weighted by Crippen LogP contribution is -2.65. The quantitative estimate of drug-likeness (QED) is 0.224. The highest BCUT2D eigenvalue weighted by Gasteiger charge is 2.64. The zero-order valence-electron chi connectivity index (χ0n) is 21.8. The molecule has 1 aromatic carbocycles. The summed E-state index contributed by atoms with van der Waals surface area (Å²) in [5, 5.41) is 47.5. The Morgan fingerprint density at radius 1 is 1.13 bits per heavy atom. The average molecular weight is 529 g/mol. The maximum Gasteiger partial charge on any atom is 0.255 e. The number of benzene rings is 1. The Morgan fingerprint density at radius 2 is 1.76 bits per heavy atom. The number of fused-ring (bicyclic) bond motifs is 3. The predicted octanol–water partition coefficient (Wildman–Crippen LogP) is 0.0251. The first kappa shape index (κ1) is 27.3. The number of hydrogen-bond donors (Lipinski definition) is 6. The number of ketones is 2. The molecule has 3 aliphatic carbocycles. The van der Waals surface area contributed by atoms with Crippen molar-refractivity contribution >= 4 is 34.8 Å². The van der Waals surface area contributed by atoms with Crippen LogP contribution in [0.3, 0.4) is 0 Å². The van der Waals surface area contributed by atoms with Crippen LogP contribution in [-0.4, -0.2) is 100.0 Å². The van der Waals surface area contributed by atoms with Crippen molar-refractivity contribution in [3.05, 3.63) is 40.2 Å². The summed E-state index contributed by atoms with van der Waals surface area (Å²) in [5.41, 5.74) is 1.93. The van der Waals surface area contributed by atoms with Crippen molar-refractivity contribution in [1.82, 2.24) is 9.80 Å². The predicted molar refractivity (Wildman–Crippen MR) is 136 cm³/mol. The van der Waals surface area contributed by atoms with Gasteiger partial charge in [-0.05, 0) is 58.1 Å². The highest BCUT2D eigenvalue weighted by Crippen LogP contribution is 2.56. The molecule has 204 valence electrons. The van der Waals surface area contributed by atoms with Crippen molar-refractivity contribution in [2.75, 3.05) is 40.1 Å². The highest BCUT2D eigenvalue weighted by atomic mass is 16.3. The number of aromatic hydroxyl groups is 1. The summed E-state index contributed by atoms with van der Waals surface area (Å²) in [5.74, 6) is -8.14. The number of phenolic OH excluding ortho intramolecular Hbond substituents is 1. The van der Waals surface area contributed by atoms with Crippen LogP contribution in [0, 0.1) is 11.8 Å². The lowest BCUT2D eigenvalue weighted by Gasteiger charge is -2.51. The molecule has 2 amide bonds. The fourth-order valence-corrected chi connectivity index (χ4v) is 6.12. The number of Topliss-reactive ketones (excluding diaryl/α,β-unsaturated/α-hetero) is 2. The number of primary amides is 1. The minimum absolute atomic E-state index is 0.00495. The maximum atomic E-state index is 13.9. The van der Waals surface area contributed by atoms with Gasteiger partial charge >= 0.3 is 0 Å². The summed E-state index contributed by atoms with van der Waals surface area (Å²) in [4.78, 5) is 54.5. The van der Waals surface area contributed by atoms with Gasteiger partial charge in [0, 0.05) is 11.5 Å². The van der Waals surface area contributed by atoms with Crippen LogP contribution in [-0.2, 0) is 19.2 Å². The SMILES string of the molecule is CC1c2ccc(NC(=O)CN(C)C)c(O)c2C(O)=C2C(=O)C3(O)C(O)=C(C(N)=O)C(=O)C(N(C)C)C3CC21. The van der Waals surface area contributed by atoms with Gasteiger partial charge in [0.25, 0.3) is 5.91 Å². The molecule has 12 heteroatoms. The number of nitrogens with one attached hydrogen (secondary N) is 1. The van der Waals surface area contributed by atoms with Gasteiger partial charge in [-0.1, -0.05) is 13.0 Å². The lowest BCUT2D eigenvalue weighted by atomic mass is 9.55. The summed E-state index contributed by atoms with van der Waals surface area (Å²) in [7, 11) is 6.48. The molecule has 0 aromatic heterocycles. The minimum atomic E-state index is -2.71. The number of hydrogen-bond acceptors (Lipinski definition) is 10. The lowest BCUT2D eigenvalue weighted by molar-refractivity contribution is -0.154. The molecule has 3 aliphatic rings. The molecule has 0 bridgehead atoms. The largest absolute Gasteiger partial charge is 0.508 e. The van der Waals surface area contributed by atoms with Gasteiger partial charge < -0.3 is 36.4 Å². The van der Waals surface area contributed by atoms with Crippen LogP contribution in [0.15, 0.2) is 29.0 Å². The Labute approximate surface area is 219 Å². The molecule has 5 atom stereocenters. The van der Waals surface area contributed by atoms with Gasteiger partial charge in [-0.2, -0.15) is 0 Å². The van der Waals surface area contributed by atoms with Crippen molar-refractivity contribution in [2.45, 2.75) is 30.9 Å². The molecule has 7 N–H and O–H groups in total. The van der Waals surface area contributed by atoms with E-state index in [1.165, 1.54) is 11.0 Å². The van der Waals surface area contributed by atoms with Crippen molar-refractivity contribution in [3.8, 4) is 5.75 Å². The molecule has 38 heavy (non-hydrogen) atoms. The smallest absolute Gasteiger partial charge is 0.255 e. The van der Waals surface area contributed by atoms with E-state index < -0.39 is 75.6 Å². The molecule has 1 saturated carbocycles. The van der Waals surface area contributed by atoms with Crippen LogP contribution in [0.5, 0.6) is 5.75 Å². The number of rotatable bonds is 5. The number of aliphatic hydroxyl groups excluding tert-OH is 2. The molecule has 0 radical (unpaired) electrons. The second-order valence-corrected chi connectivity index (χ2v) is 10.7. The zero-order chi connectivity index (χ0) is 28.4. The minimum Gasteiger partial charge on any atom is -0.508 e. The van der Waals surface area contributed by atoms with Crippen LogP contribution in [0.25, 0.3) is 5.76 Å². The zero-order valence-corrected chi connectivity index (χ0v) is 21.8. The molecule has 1 fully saturated rings. The van der Waals surface area contributed by atoms with Gasteiger partial charge in [0.15, 0.2) is 11.4 Å².